The predicted molar refractivity (Wildman–Crippen MR) is 218 cm³/mol. The van der Waals surface area contributed by atoms with Gasteiger partial charge in [0.05, 0.1) is 16.4 Å². The molecular formula is C51H31N. The summed E-state index contributed by atoms with van der Waals surface area (Å²) >= 11 is 0. The van der Waals surface area contributed by atoms with E-state index in [1.807, 2.05) is 0 Å². The molecule has 1 spiro atoms. The molecule has 0 fully saturated rings. The maximum atomic E-state index is 2.49. The highest BCUT2D eigenvalue weighted by Gasteiger charge is 2.51. The van der Waals surface area contributed by atoms with Crippen molar-refractivity contribution in [2.24, 2.45) is 0 Å². The van der Waals surface area contributed by atoms with E-state index in [1.54, 1.807) is 0 Å². The van der Waals surface area contributed by atoms with E-state index >= 15 is 0 Å². The van der Waals surface area contributed by atoms with E-state index in [2.05, 4.69) is 193 Å². The summed E-state index contributed by atoms with van der Waals surface area (Å²) in [4.78, 5) is 0. The van der Waals surface area contributed by atoms with Crippen LogP contribution in [0.5, 0.6) is 0 Å². The highest BCUT2D eigenvalue weighted by molar-refractivity contribution is 6.28. The summed E-state index contributed by atoms with van der Waals surface area (Å²) in [7, 11) is 0. The van der Waals surface area contributed by atoms with Gasteiger partial charge in [-0.2, -0.15) is 0 Å². The van der Waals surface area contributed by atoms with Crippen LogP contribution in [0.3, 0.4) is 0 Å². The van der Waals surface area contributed by atoms with Gasteiger partial charge in [-0.25, -0.2) is 0 Å². The van der Waals surface area contributed by atoms with Crippen LogP contribution in [0.1, 0.15) is 22.3 Å². The van der Waals surface area contributed by atoms with Crippen LogP contribution in [-0.4, -0.2) is 4.57 Å². The zero-order valence-electron chi connectivity index (χ0n) is 28.3. The van der Waals surface area contributed by atoms with E-state index in [1.165, 1.54) is 99.0 Å². The molecule has 52 heavy (non-hydrogen) atoms. The van der Waals surface area contributed by atoms with Gasteiger partial charge in [-0.15, -0.1) is 0 Å². The van der Waals surface area contributed by atoms with Crippen molar-refractivity contribution in [1.82, 2.24) is 4.57 Å². The Balaban J connectivity index is 1.11. The van der Waals surface area contributed by atoms with E-state index in [0.29, 0.717) is 0 Å². The van der Waals surface area contributed by atoms with Crippen LogP contribution in [0.15, 0.2) is 188 Å². The van der Waals surface area contributed by atoms with Gasteiger partial charge in [0.1, 0.15) is 0 Å². The molecule has 9 aromatic carbocycles. The Labute approximate surface area is 301 Å². The number of aromatic nitrogens is 1. The molecule has 0 radical (unpaired) electrons. The minimum Gasteiger partial charge on any atom is -0.309 e. The molecule has 0 N–H and O–H groups in total. The van der Waals surface area contributed by atoms with Gasteiger partial charge in [0.2, 0.25) is 0 Å². The fourth-order valence-corrected chi connectivity index (χ4v) is 9.93. The molecule has 240 valence electrons. The number of hydrogen-bond acceptors (Lipinski definition) is 0. The molecule has 0 aliphatic heterocycles. The second-order valence-corrected chi connectivity index (χ2v) is 14.4. The smallest absolute Gasteiger partial charge is 0.0725 e. The fourth-order valence-electron chi connectivity index (χ4n) is 9.93. The summed E-state index contributed by atoms with van der Waals surface area (Å²) in [6.45, 7) is 0. The van der Waals surface area contributed by atoms with E-state index in [4.69, 9.17) is 0 Å². The summed E-state index contributed by atoms with van der Waals surface area (Å²) in [5.41, 5.74) is 16.5. The third kappa shape index (κ3) is 3.48. The van der Waals surface area contributed by atoms with E-state index in [-0.39, 0.29) is 5.41 Å². The Bertz CT molecular complexity index is 2980. The molecule has 0 saturated carbocycles. The SMILES string of the molecule is c1cc(-c2ccc3c(c2)C2(c4ccccc4-c4ccccc42)c2ccccc2-3)cc(-n2c3ccc4ccccc4c3c3c4ccccc4ccc32)c1. The molecular weight excluding hydrogens is 627 g/mol. The van der Waals surface area contributed by atoms with E-state index in [0.717, 1.165) is 5.69 Å². The predicted octanol–water partition coefficient (Wildman–Crippen LogP) is 13.1. The molecule has 0 unspecified atom stereocenters. The molecule has 1 heteroatoms. The molecule has 12 rings (SSSR count). The molecule has 10 aromatic rings. The summed E-state index contributed by atoms with van der Waals surface area (Å²) < 4.78 is 2.47. The molecule has 1 aromatic heterocycles. The van der Waals surface area contributed by atoms with Gasteiger partial charge in [0.15, 0.2) is 0 Å². The average molecular weight is 658 g/mol. The van der Waals surface area contributed by atoms with Crippen molar-refractivity contribution in [3.63, 3.8) is 0 Å². The second-order valence-electron chi connectivity index (χ2n) is 14.4. The normalized spacial score (nSPS) is 13.5. The molecule has 0 atom stereocenters. The first-order valence-corrected chi connectivity index (χ1v) is 18.2. The van der Waals surface area contributed by atoms with Crippen LogP contribution < -0.4 is 0 Å². The molecule has 0 bridgehead atoms. The Kier molecular flexibility index (Phi) is 5.49. The highest BCUT2D eigenvalue weighted by atomic mass is 15.0. The zero-order chi connectivity index (χ0) is 34.0. The van der Waals surface area contributed by atoms with Crippen molar-refractivity contribution >= 4 is 43.4 Å². The van der Waals surface area contributed by atoms with Crippen LogP contribution in [0.25, 0.3) is 82.4 Å². The van der Waals surface area contributed by atoms with Crippen LogP contribution in [0.2, 0.25) is 0 Å². The summed E-state index contributed by atoms with van der Waals surface area (Å²) in [5, 5.41) is 7.73. The molecule has 0 amide bonds. The number of rotatable bonds is 2. The lowest BCUT2D eigenvalue weighted by atomic mass is 9.70. The molecule has 1 heterocycles. The topological polar surface area (TPSA) is 4.93 Å². The lowest BCUT2D eigenvalue weighted by Gasteiger charge is -2.30. The highest BCUT2D eigenvalue weighted by Crippen LogP contribution is 2.63. The van der Waals surface area contributed by atoms with Crippen molar-refractivity contribution in [2.75, 3.05) is 0 Å². The Morgan fingerprint density at radius 3 is 1.38 bits per heavy atom. The monoisotopic (exact) mass is 657 g/mol. The second kappa shape index (κ2) is 10.2. The van der Waals surface area contributed by atoms with Gasteiger partial charge in [0, 0.05) is 16.5 Å². The number of nitrogens with zero attached hydrogens (tertiary/aromatic N) is 1. The van der Waals surface area contributed by atoms with Crippen LogP contribution in [0.4, 0.5) is 0 Å². The first-order chi connectivity index (χ1) is 25.8. The van der Waals surface area contributed by atoms with Crippen LogP contribution in [0, 0.1) is 0 Å². The first kappa shape index (κ1) is 28.0. The molecule has 2 aliphatic carbocycles. The van der Waals surface area contributed by atoms with Gasteiger partial charge in [-0.1, -0.05) is 158 Å². The van der Waals surface area contributed by atoms with Crippen molar-refractivity contribution < 1.29 is 0 Å². The van der Waals surface area contributed by atoms with E-state index in [9.17, 15) is 0 Å². The van der Waals surface area contributed by atoms with Crippen LogP contribution in [-0.2, 0) is 5.41 Å². The number of hydrogen-bond donors (Lipinski definition) is 0. The van der Waals surface area contributed by atoms with Gasteiger partial charge in [-0.05, 0) is 108 Å². The van der Waals surface area contributed by atoms with Crippen molar-refractivity contribution in [1.29, 1.82) is 0 Å². The quantitative estimate of drug-likeness (QED) is 0.174. The maximum Gasteiger partial charge on any atom is 0.0725 e. The standard InChI is InChI=1S/C51H31N/c1-3-16-37-32(12-1)25-28-47-49(37)50-38-17-4-2-13-33(38)26-29-48(50)52(47)36-15-11-14-34(30-36)35-24-27-42-41-20-7-10-23-45(41)51(46(42)31-35)43-21-8-5-18-39(43)40-19-6-9-22-44(40)51/h1-31H. The van der Waals surface area contributed by atoms with Crippen LogP contribution >= 0.6 is 0 Å². The van der Waals surface area contributed by atoms with E-state index < -0.39 is 0 Å². The minimum absolute atomic E-state index is 0.359. The largest absolute Gasteiger partial charge is 0.309 e. The van der Waals surface area contributed by atoms with Crippen molar-refractivity contribution in [3.05, 3.63) is 210 Å². The lowest BCUT2D eigenvalue weighted by molar-refractivity contribution is 0.794. The third-order valence-corrected chi connectivity index (χ3v) is 12.0. The first-order valence-electron chi connectivity index (χ1n) is 18.2. The summed E-state index contributed by atoms with van der Waals surface area (Å²) in [6, 6.07) is 70.2. The minimum atomic E-state index is -0.359. The molecule has 2 aliphatic rings. The van der Waals surface area contributed by atoms with Gasteiger partial charge < -0.3 is 4.57 Å². The van der Waals surface area contributed by atoms with Gasteiger partial charge in [-0.3, -0.25) is 0 Å². The molecule has 0 saturated heterocycles. The Morgan fingerprint density at radius 1 is 0.327 bits per heavy atom. The van der Waals surface area contributed by atoms with Crippen molar-refractivity contribution in [2.45, 2.75) is 5.41 Å². The average Bonchev–Trinajstić information content (AvgIpc) is 3.83. The Morgan fingerprint density at radius 2 is 0.808 bits per heavy atom. The number of fused-ring (bicyclic) bond motifs is 17. The maximum absolute atomic E-state index is 2.49. The summed E-state index contributed by atoms with van der Waals surface area (Å²) in [5.74, 6) is 0. The van der Waals surface area contributed by atoms with Crippen molar-refractivity contribution in [3.8, 4) is 39.1 Å². The third-order valence-electron chi connectivity index (χ3n) is 12.0. The fraction of sp³-hybridized carbons (Fsp3) is 0.0196. The zero-order valence-corrected chi connectivity index (χ0v) is 28.3. The van der Waals surface area contributed by atoms with Gasteiger partial charge in [0.25, 0.3) is 0 Å². The molecule has 1 nitrogen and oxygen atoms in total. The lowest BCUT2D eigenvalue weighted by Crippen LogP contribution is -2.25. The van der Waals surface area contributed by atoms with Gasteiger partial charge >= 0.3 is 0 Å². The summed E-state index contributed by atoms with van der Waals surface area (Å²) in [6.07, 6.45) is 0. The number of benzene rings is 9. The Hall–Kier alpha value is -6.70.